The van der Waals surface area contributed by atoms with Crippen molar-refractivity contribution in [2.45, 2.75) is 18.4 Å². The molecule has 7 nitrogen and oxygen atoms in total. The molecule has 5 N–H and O–H groups in total. The van der Waals surface area contributed by atoms with Gasteiger partial charge in [-0.05, 0) is 6.42 Å². The summed E-state index contributed by atoms with van der Waals surface area (Å²) in [6.45, 7) is 1.21. The Morgan fingerprint density at radius 1 is 1.23 bits per heavy atom. The van der Waals surface area contributed by atoms with Crippen LogP contribution >= 0.6 is 15.2 Å². The lowest BCUT2D eigenvalue weighted by atomic mass is 10.3. The summed E-state index contributed by atoms with van der Waals surface area (Å²) in [4.78, 5) is 35.0. The van der Waals surface area contributed by atoms with E-state index in [-0.39, 0.29) is 0 Å². The van der Waals surface area contributed by atoms with E-state index in [4.69, 9.17) is 27.6 Å². The van der Waals surface area contributed by atoms with Crippen molar-refractivity contribution < 1.29 is 28.7 Å². The summed E-state index contributed by atoms with van der Waals surface area (Å²) in [6.07, 6.45) is -0.488. The van der Waals surface area contributed by atoms with Gasteiger partial charge >= 0.3 is 15.2 Å². The molecule has 0 saturated heterocycles. The third kappa shape index (κ3) is 2.22. The summed E-state index contributed by atoms with van der Waals surface area (Å²) < 4.78 is 21.6. The number of hydrogen-bond donors (Lipinski definition) is 5. The third-order valence-corrected chi connectivity index (χ3v) is 6.07. The van der Waals surface area contributed by atoms with Crippen LogP contribution in [-0.2, 0) is 9.13 Å². The fourth-order valence-electron chi connectivity index (χ4n) is 0.852. The molecule has 2 radical (unpaired) electrons. The molecule has 0 fully saturated rings. The number of hydrogen-bond acceptors (Lipinski definition) is 3. The van der Waals surface area contributed by atoms with Gasteiger partial charge in [0.2, 0.25) is 5.02 Å². The van der Waals surface area contributed by atoms with Crippen molar-refractivity contribution in [2.24, 2.45) is 0 Å². The third-order valence-electron chi connectivity index (χ3n) is 1.69. The van der Waals surface area contributed by atoms with Crippen molar-refractivity contribution in [2.75, 3.05) is 0 Å². The fraction of sp³-hybridized carbons (Fsp3) is 1.00. The average molecular weight is 229 g/mol. The van der Waals surface area contributed by atoms with Crippen molar-refractivity contribution in [1.29, 1.82) is 0 Å². The smallest absolute Gasteiger partial charge is 0.341 e. The molecule has 0 atom stereocenters. The maximum absolute atomic E-state index is 10.8. The van der Waals surface area contributed by atoms with E-state index in [1.165, 1.54) is 12.2 Å². The molecular formula is C3H10BNO6P2. The maximum Gasteiger partial charge on any atom is 0.356 e. The fourth-order valence-corrected chi connectivity index (χ4v) is 3.37. The van der Waals surface area contributed by atoms with Gasteiger partial charge in [-0.3, -0.25) is 9.13 Å². The van der Waals surface area contributed by atoms with E-state index < -0.39 is 26.6 Å². The van der Waals surface area contributed by atoms with Crippen LogP contribution in [0.25, 0.3) is 0 Å². The first-order valence-electron chi connectivity index (χ1n) is 3.21. The van der Waals surface area contributed by atoms with Crippen LogP contribution in [0, 0.1) is 0 Å². The Hall–Kier alpha value is 0.325. The SMILES string of the molecule is [B]NC(CC)(P(=O)(O)O)P(=O)(O)O. The van der Waals surface area contributed by atoms with Crippen LogP contribution in [0.15, 0.2) is 0 Å². The maximum atomic E-state index is 10.8. The first-order chi connectivity index (χ1) is 5.62. The van der Waals surface area contributed by atoms with Gasteiger partial charge in [-0.15, -0.1) is 0 Å². The van der Waals surface area contributed by atoms with Gasteiger partial charge in [0.25, 0.3) is 0 Å². The lowest BCUT2D eigenvalue weighted by molar-refractivity contribution is 0.299. The summed E-state index contributed by atoms with van der Waals surface area (Å²) >= 11 is 0. The second-order valence-electron chi connectivity index (χ2n) is 2.40. The van der Waals surface area contributed by atoms with Crippen LogP contribution in [0.1, 0.15) is 13.3 Å². The second kappa shape index (κ2) is 3.83. The zero-order valence-corrected chi connectivity index (χ0v) is 8.57. The minimum absolute atomic E-state index is 0.488. The van der Waals surface area contributed by atoms with Gasteiger partial charge in [-0.1, -0.05) is 6.92 Å². The molecule has 0 aromatic heterocycles. The van der Waals surface area contributed by atoms with Crippen LogP contribution in [0.2, 0.25) is 0 Å². The van der Waals surface area contributed by atoms with E-state index in [9.17, 15) is 9.13 Å². The zero-order valence-electron chi connectivity index (χ0n) is 6.78. The van der Waals surface area contributed by atoms with E-state index in [0.717, 1.165) is 0 Å². The van der Waals surface area contributed by atoms with Crippen LogP contribution in [0.4, 0.5) is 0 Å². The van der Waals surface area contributed by atoms with Crippen molar-refractivity contribution in [3.63, 3.8) is 0 Å². The molecule has 0 aliphatic rings. The van der Waals surface area contributed by atoms with Gasteiger partial charge in [0.15, 0.2) is 7.98 Å². The molecule has 0 rings (SSSR count). The molecule has 0 aromatic rings. The first-order valence-corrected chi connectivity index (χ1v) is 6.44. The highest BCUT2D eigenvalue weighted by Gasteiger charge is 2.57. The topological polar surface area (TPSA) is 127 Å². The highest BCUT2D eigenvalue weighted by atomic mass is 31.2. The lowest BCUT2D eigenvalue weighted by Gasteiger charge is -2.33. The number of rotatable bonds is 4. The van der Waals surface area contributed by atoms with Gasteiger partial charge in [0, 0.05) is 0 Å². The highest BCUT2D eigenvalue weighted by molar-refractivity contribution is 7.72. The van der Waals surface area contributed by atoms with Gasteiger partial charge in [0.05, 0.1) is 0 Å². The van der Waals surface area contributed by atoms with Gasteiger partial charge < -0.3 is 24.8 Å². The van der Waals surface area contributed by atoms with Crippen molar-refractivity contribution in [3.05, 3.63) is 0 Å². The zero-order chi connectivity index (χ0) is 10.9. The normalized spacial score (nSPS) is 14.5. The molecule has 0 amide bonds. The molecule has 0 aromatic carbocycles. The molecule has 0 aliphatic heterocycles. The van der Waals surface area contributed by atoms with Gasteiger partial charge in [0.1, 0.15) is 0 Å². The van der Waals surface area contributed by atoms with Crippen LogP contribution in [0.3, 0.4) is 0 Å². The minimum Gasteiger partial charge on any atom is -0.341 e. The monoisotopic (exact) mass is 229 g/mol. The molecule has 0 saturated carbocycles. The Balaban J connectivity index is 5.45. The Morgan fingerprint density at radius 2 is 1.54 bits per heavy atom. The standard InChI is InChI=1S/C3H10BNO6P2/c1-2-3(5-4,12(6,7)8)13(9,10)11/h5H,2H2,1H3,(H2,6,7,8)(H2,9,10,11). The van der Waals surface area contributed by atoms with E-state index >= 15 is 0 Å². The number of nitrogens with one attached hydrogen (secondary N) is 1. The minimum atomic E-state index is -5.03. The van der Waals surface area contributed by atoms with Gasteiger partial charge in [-0.25, -0.2) is 0 Å². The Labute approximate surface area is 76.3 Å². The Morgan fingerprint density at radius 3 is 1.54 bits per heavy atom. The molecule has 0 spiro atoms. The largest absolute Gasteiger partial charge is 0.356 e. The van der Waals surface area contributed by atoms with E-state index in [1.807, 2.05) is 0 Å². The van der Waals surface area contributed by atoms with Crippen LogP contribution in [0.5, 0.6) is 0 Å². The molecule has 13 heavy (non-hydrogen) atoms. The first kappa shape index (κ1) is 13.3. The van der Waals surface area contributed by atoms with Gasteiger partial charge in [-0.2, -0.15) is 0 Å². The molecule has 10 heteroatoms. The second-order valence-corrected chi connectivity index (χ2v) is 6.46. The van der Waals surface area contributed by atoms with E-state index in [2.05, 4.69) is 0 Å². The van der Waals surface area contributed by atoms with Crippen molar-refractivity contribution in [3.8, 4) is 0 Å². The molecule has 0 heterocycles. The van der Waals surface area contributed by atoms with E-state index in [0.29, 0.717) is 0 Å². The molecule has 76 valence electrons. The summed E-state index contributed by atoms with van der Waals surface area (Å²) in [6, 6.07) is 0. The Bertz CT molecular complexity index is 241. The quantitative estimate of drug-likeness (QED) is 0.311. The molecule has 0 unspecified atom stereocenters. The summed E-state index contributed by atoms with van der Waals surface area (Å²) in [5.74, 6) is 0. The predicted molar refractivity (Wildman–Crippen MR) is 46.0 cm³/mol. The average Bonchev–Trinajstić information content (AvgIpc) is 1.84. The molecular weight excluding hydrogens is 219 g/mol. The van der Waals surface area contributed by atoms with Crippen LogP contribution < -0.4 is 5.23 Å². The molecule has 0 bridgehead atoms. The summed E-state index contributed by atoms with van der Waals surface area (Å²) in [7, 11) is -5.30. The Kier molecular flexibility index (Phi) is 3.92. The lowest BCUT2D eigenvalue weighted by Crippen LogP contribution is -2.42. The van der Waals surface area contributed by atoms with Crippen molar-refractivity contribution >= 4 is 23.2 Å². The summed E-state index contributed by atoms with van der Waals surface area (Å²) in [5, 5.41) is -1.16. The summed E-state index contributed by atoms with van der Waals surface area (Å²) in [5.41, 5.74) is 0. The predicted octanol–water partition coefficient (Wildman–Crippen LogP) is -0.921. The van der Waals surface area contributed by atoms with Crippen LogP contribution in [-0.4, -0.2) is 32.6 Å². The van der Waals surface area contributed by atoms with Crippen molar-refractivity contribution in [1.82, 2.24) is 5.23 Å². The molecule has 0 aliphatic carbocycles. The highest BCUT2D eigenvalue weighted by Crippen LogP contribution is 2.68. The van der Waals surface area contributed by atoms with E-state index in [1.54, 1.807) is 0 Å².